The van der Waals surface area contributed by atoms with E-state index in [2.05, 4.69) is 5.32 Å². The first-order valence-corrected chi connectivity index (χ1v) is 6.70. The Kier molecular flexibility index (Phi) is 5.51. The first-order chi connectivity index (χ1) is 9.31. The Labute approximate surface area is 120 Å². The van der Waals surface area contributed by atoms with Gasteiger partial charge in [-0.1, -0.05) is 0 Å². The molecule has 0 heterocycles. The zero-order valence-corrected chi connectivity index (χ0v) is 11.8. The summed E-state index contributed by atoms with van der Waals surface area (Å²) in [5.41, 5.74) is 5.05. The Bertz CT molecular complexity index is 518. The van der Waals surface area contributed by atoms with E-state index in [1.54, 1.807) is 19.1 Å². The van der Waals surface area contributed by atoms with Crippen LogP contribution in [-0.2, 0) is 9.59 Å². The minimum absolute atomic E-state index is 0.00574. The lowest BCUT2D eigenvalue weighted by atomic mass is 10.3. The summed E-state index contributed by atoms with van der Waals surface area (Å²) < 4.78 is 0. The molecule has 0 aliphatic rings. The normalized spacial score (nSPS) is 13.3. The summed E-state index contributed by atoms with van der Waals surface area (Å²) in [5.74, 6) is -0.925. The third kappa shape index (κ3) is 4.54. The molecule has 7 nitrogen and oxygen atoms in total. The van der Waals surface area contributed by atoms with Gasteiger partial charge in [0, 0.05) is 17.0 Å². The van der Waals surface area contributed by atoms with Crippen molar-refractivity contribution in [1.29, 1.82) is 0 Å². The monoisotopic (exact) mass is 297 g/mol. The lowest BCUT2D eigenvalue weighted by Gasteiger charge is -2.14. The van der Waals surface area contributed by atoms with Gasteiger partial charge in [0.25, 0.3) is 5.69 Å². The number of hydrogen-bond acceptors (Lipinski definition) is 5. The maximum Gasteiger partial charge on any atom is 0.269 e. The lowest BCUT2D eigenvalue weighted by Crippen LogP contribution is -2.44. The summed E-state index contributed by atoms with van der Waals surface area (Å²) >= 11 is 1.24. The zero-order valence-electron chi connectivity index (χ0n) is 11.0. The maximum absolute atomic E-state index is 11.8. The van der Waals surface area contributed by atoms with Crippen molar-refractivity contribution in [1.82, 2.24) is 5.32 Å². The molecular formula is C12H15N3O4S. The SMILES string of the molecule is CC(NC(=O)C(C)Sc1ccc([N+](=O)[O-])cc1)C(N)=O. The first-order valence-electron chi connectivity index (χ1n) is 5.82. The highest BCUT2D eigenvalue weighted by atomic mass is 32.2. The molecule has 0 saturated carbocycles. The van der Waals surface area contributed by atoms with Crippen LogP contribution in [0.2, 0.25) is 0 Å². The van der Waals surface area contributed by atoms with E-state index in [0.29, 0.717) is 0 Å². The number of hydrogen-bond donors (Lipinski definition) is 2. The molecule has 0 aliphatic carbocycles. The van der Waals surface area contributed by atoms with Crippen LogP contribution in [0.15, 0.2) is 29.2 Å². The number of nitrogens with one attached hydrogen (secondary N) is 1. The predicted molar refractivity (Wildman–Crippen MR) is 75.2 cm³/mol. The van der Waals surface area contributed by atoms with E-state index >= 15 is 0 Å². The molecule has 3 N–H and O–H groups in total. The van der Waals surface area contributed by atoms with Gasteiger partial charge in [0.05, 0.1) is 10.2 Å². The summed E-state index contributed by atoms with van der Waals surface area (Å²) in [6, 6.07) is 5.16. The number of thioether (sulfide) groups is 1. The van der Waals surface area contributed by atoms with E-state index in [-0.39, 0.29) is 11.6 Å². The third-order valence-electron chi connectivity index (χ3n) is 2.52. The molecule has 8 heteroatoms. The molecule has 0 aliphatic heterocycles. The van der Waals surface area contributed by atoms with Crippen molar-refractivity contribution in [3.63, 3.8) is 0 Å². The molecule has 0 radical (unpaired) electrons. The van der Waals surface area contributed by atoms with Gasteiger partial charge in [-0.3, -0.25) is 19.7 Å². The summed E-state index contributed by atoms with van der Waals surface area (Å²) in [6.07, 6.45) is 0. The Morgan fingerprint density at radius 1 is 1.30 bits per heavy atom. The van der Waals surface area contributed by atoms with E-state index in [0.717, 1.165) is 4.90 Å². The highest BCUT2D eigenvalue weighted by molar-refractivity contribution is 8.00. The van der Waals surface area contributed by atoms with Gasteiger partial charge in [-0.05, 0) is 26.0 Å². The number of non-ortho nitro benzene ring substituents is 1. The van der Waals surface area contributed by atoms with Gasteiger partial charge in [0.1, 0.15) is 6.04 Å². The fraction of sp³-hybridized carbons (Fsp3) is 0.333. The minimum Gasteiger partial charge on any atom is -0.368 e. The second-order valence-corrected chi connectivity index (χ2v) is 5.56. The molecule has 108 valence electrons. The van der Waals surface area contributed by atoms with Crippen LogP contribution in [0.3, 0.4) is 0 Å². The molecule has 1 aromatic rings. The molecule has 2 atom stereocenters. The Balaban J connectivity index is 2.61. The molecule has 1 rings (SSSR count). The fourth-order valence-electron chi connectivity index (χ4n) is 1.31. The van der Waals surface area contributed by atoms with E-state index in [1.165, 1.54) is 30.8 Å². The van der Waals surface area contributed by atoms with E-state index in [4.69, 9.17) is 5.73 Å². The average molecular weight is 297 g/mol. The van der Waals surface area contributed by atoms with Gasteiger partial charge in [-0.25, -0.2) is 0 Å². The van der Waals surface area contributed by atoms with Gasteiger partial charge in [0.2, 0.25) is 11.8 Å². The highest BCUT2D eigenvalue weighted by Gasteiger charge is 2.19. The molecule has 0 bridgehead atoms. The van der Waals surface area contributed by atoms with E-state index < -0.39 is 22.1 Å². The van der Waals surface area contributed by atoms with Crippen LogP contribution in [0.4, 0.5) is 5.69 Å². The van der Waals surface area contributed by atoms with Gasteiger partial charge < -0.3 is 11.1 Å². The molecule has 1 aromatic carbocycles. The smallest absolute Gasteiger partial charge is 0.269 e. The number of nitrogens with zero attached hydrogens (tertiary/aromatic N) is 1. The predicted octanol–water partition coefficient (Wildman–Crippen LogP) is 1.07. The van der Waals surface area contributed by atoms with Crippen molar-refractivity contribution in [2.24, 2.45) is 5.73 Å². The fourth-order valence-corrected chi connectivity index (χ4v) is 2.18. The number of primary amides is 1. The van der Waals surface area contributed by atoms with Gasteiger partial charge in [-0.2, -0.15) is 0 Å². The molecule has 2 unspecified atom stereocenters. The van der Waals surface area contributed by atoms with Crippen LogP contribution < -0.4 is 11.1 Å². The number of nitro benzene ring substituents is 1. The summed E-state index contributed by atoms with van der Waals surface area (Å²) in [5, 5.41) is 12.6. The van der Waals surface area contributed by atoms with Crippen LogP contribution in [0.1, 0.15) is 13.8 Å². The van der Waals surface area contributed by atoms with Crippen molar-refractivity contribution >= 4 is 29.3 Å². The number of nitro groups is 1. The van der Waals surface area contributed by atoms with Crippen LogP contribution in [0.5, 0.6) is 0 Å². The summed E-state index contributed by atoms with van der Waals surface area (Å²) in [6.45, 7) is 3.18. The first kappa shape index (κ1) is 16.0. The second kappa shape index (κ2) is 6.90. The topological polar surface area (TPSA) is 115 Å². The Hall–Kier alpha value is -2.09. The van der Waals surface area contributed by atoms with Crippen LogP contribution in [0.25, 0.3) is 0 Å². The number of carbonyl (C=O) groups is 2. The van der Waals surface area contributed by atoms with Crippen molar-refractivity contribution < 1.29 is 14.5 Å². The summed E-state index contributed by atoms with van der Waals surface area (Å²) in [7, 11) is 0. The Morgan fingerprint density at radius 3 is 2.30 bits per heavy atom. The van der Waals surface area contributed by atoms with E-state index in [1.807, 2.05) is 0 Å². The quantitative estimate of drug-likeness (QED) is 0.463. The number of rotatable bonds is 6. The van der Waals surface area contributed by atoms with Crippen molar-refractivity contribution in [3.8, 4) is 0 Å². The molecular weight excluding hydrogens is 282 g/mol. The van der Waals surface area contributed by atoms with Crippen LogP contribution in [0, 0.1) is 10.1 Å². The molecule has 20 heavy (non-hydrogen) atoms. The number of benzene rings is 1. The largest absolute Gasteiger partial charge is 0.368 e. The average Bonchev–Trinajstić information content (AvgIpc) is 2.38. The number of nitrogens with two attached hydrogens (primary N) is 1. The van der Waals surface area contributed by atoms with Gasteiger partial charge in [0.15, 0.2) is 0 Å². The molecule has 0 spiro atoms. The zero-order chi connectivity index (χ0) is 15.3. The standard InChI is InChI=1S/C12H15N3O4S/c1-7(11(13)16)14-12(17)8(2)20-10-5-3-9(4-6-10)15(18)19/h3-8H,1-2H3,(H2,13,16)(H,14,17). The summed E-state index contributed by atoms with van der Waals surface area (Å²) in [4.78, 5) is 33.4. The van der Waals surface area contributed by atoms with E-state index in [9.17, 15) is 19.7 Å². The van der Waals surface area contributed by atoms with Crippen molar-refractivity contribution in [2.45, 2.75) is 30.0 Å². The number of amides is 2. The molecule has 0 aromatic heterocycles. The van der Waals surface area contributed by atoms with Gasteiger partial charge >= 0.3 is 0 Å². The second-order valence-electron chi connectivity index (χ2n) is 4.14. The highest BCUT2D eigenvalue weighted by Crippen LogP contribution is 2.25. The lowest BCUT2D eigenvalue weighted by molar-refractivity contribution is -0.384. The third-order valence-corrected chi connectivity index (χ3v) is 3.63. The van der Waals surface area contributed by atoms with Crippen LogP contribution in [-0.4, -0.2) is 28.0 Å². The molecule has 0 saturated heterocycles. The molecule has 2 amide bonds. The van der Waals surface area contributed by atoms with Crippen molar-refractivity contribution in [2.75, 3.05) is 0 Å². The minimum atomic E-state index is -0.734. The maximum atomic E-state index is 11.8. The van der Waals surface area contributed by atoms with Crippen LogP contribution >= 0.6 is 11.8 Å². The molecule has 0 fully saturated rings. The Morgan fingerprint density at radius 2 is 1.85 bits per heavy atom. The van der Waals surface area contributed by atoms with Crippen molar-refractivity contribution in [3.05, 3.63) is 34.4 Å². The van der Waals surface area contributed by atoms with Gasteiger partial charge in [-0.15, -0.1) is 11.8 Å². The number of carbonyl (C=O) groups excluding carboxylic acids is 2.